The molecule has 2 aromatic carbocycles. The molecule has 0 aliphatic carbocycles. The molecule has 0 spiro atoms. The number of carbonyl (C=O) groups is 1. The average molecular weight is 408 g/mol. The lowest BCUT2D eigenvalue weighted by Crippen LogP contribution is -2.31. The van der Waals surface area contributed by atoms with Crippen molar-refractivity contribution in [3.8, 4) is 0 Å². The third kappa shape index (κ3) is 5.57. The third-order valence-electron chi connectivity index (χ3n) is 4.77. The first-order valence-electron chi connectivity index (χ1n) is 9.59. The summed E-state index contributed by atoms with van der Waals surface area (Å²) >= 11 is 1.49. The molecule has 0 saturated heterocycles. The number of aromatic nitrogens is 2. The van der Waals surface area contributed by atoms with E-state index in [1.807, 2.05) is 55.5 Å². The number of nitrogens with zero attached hydrogens (tertiary/aromatic N) is 1. The van der Waals surface area contributed by atoms with E-state index in [1.165, 1.54) is 11.8 Å². The summed E-state index contributed by atoms with van der Waals surface area (Å²) in [5.74, 6) is -0.199. The second-order valence-electron chi connectivity index (χ2n) is 6.98. The van der Waals surface area contributed by atoms with Gasteiger partial charge < -0.3 is 10.3 Å². The van der Waals surface area contributed by atoms with E-state index in [0.717, 1.165) is 11.1 Å². The van der Waals surface area contributed by atoms with Crippen LogP contribution in [-0.4, -0.2) is 15.9 Å². The Bertz CT molecular complexity index is 1020. The van der Waals surface area contributed by atoms with E-state index in [0.29, 0.717) is 16.4 Å². The molecule has 29 heavy (non-hydrogen) atoms. The molecule has 0 aliphatic rings. The number of rotatable bonds is 7. The minimum absolute atomic E-state index is 0.00449. The van der Waals surface area contributed by atoms with Crippen LogP contribution >= 0.6 is 11.8 Å². The largest absolute Gasteiger partial charge is 0.349 e. The minimum atomic E-state index is -0.261. The highest BCUT2D eigenvalue weighted by atomic mass is 32.2. The molecule has 0 aliphatic heterocycles. The summed E-state index contributed by atoms with van der Waals surface area (Å²) < 4.78 is 0. The maximum Gasteiger partial charge on any atom is 0.255 e. The number of hydrogen-bond acceptors (Lipinski definition) is 4. The fraction of sp³-hybridized carbons (Fsp3) is 0.261. The van der Waals surface area contributed by atoms with Crippen molar-refractivity contribution >= 4 is 17.7 Å². The second kappa shape index (κ2) is 9.56. The Kier molecular flexibility index (Phi) is 6.88. The molecule has 0 radical (unpaired) electrons. The number of nitrogens with one attached hydrogen (secondary N) is 2. The van der Waals surface area contributed by atoms with Gasteiger partial charge in [0.05, 0.1) is 12.5 Å². The van der Waals surface area contributed by atoms with Crippen LogP contribution in [0.5, 0.6) is 0 Å². The van der Waals surface area contributed by atoms with Crippen LogP contribution < -0.4 is 10.9 Å². The topological polar surface area (TPSA) is 74.8 Å². The van der Waals surface area contributed by atoms with E-state index < -0.39 is 0 Å². The Balaban J connectivity index is 1.67. The van der Waals surface area contributed by atoms with Crippen molar-refractivity contribution < 1.29 is 4.79 Å². The maximum absolute atomic E-state index is 12.6. The van der Waals surface area contributed by atoms with Gasteiger partial charge in [-0.15, -0.1) is 0 Å². The Labute approximate surface area is 175 Å². The van der Waals surface area contributed by atoms with Gasteiger partial charge >= 0.3 is 0 Å². The number of benzene rings is 2. The van der Waals surface area contributed by atoms with Crippen LogP contribution in [0.4, 0.5) is 0 Å². The molecule has 3 rings (SSSR count). The van der Waals surface area contributed by atoms with Gasteiger partial charge in [-0.25, -0.2) is 4.98 Å². The molecule has 150 valence electrons. The first-order chi connectivity index (χ1) is 13.9. The Morgan fingerprint density at radius 1 is 1.03 bits per heavy atom. The van der Waals surface area contributed by atoms with Crippen molar-refractivity contribution in [1.82, 2.24) is 15.3 Å². The predicted octanol–water partition coefficient (Wildman–Crippen LogP) is 4.35. The predicted molar refractivity (Wildman–Crippen MR) is 117 cm³/mol. The molecule has 0 saturated carbocycles. The third-order valence-corrected chi connectivity index (χ3v) is 5.81. The summed E-state index contributed by atoms with van der Waals surface area (Å²) in [4.78, 5) is 32.4. The van der Waals surface area contributed by atoms with Crippen LogP contribution in [0, 0.1) is 6.92 Å². The lowest BCUT2D eigenvalue weighted by molar-refractivity contribution is -0.121. The van der Waals surface area contributed by atoms with E-state index in [1.54, 1.807) is 6.92 Å². The fourth-order valence-corrected chi connectivity index (χ4v) is 4.06. The molecule has 0 bridgehead atoms. The van der Waals surface area contributed by atoms with Crippen LogP contribution in [0.1, 0.15) is 47.5 Å². The number of amides is 1. The molecule has 5 nitrogen and oxygen atoms in total. The van der Waals surface area contributed by atoms with Crippen molar-refractivity contribution in [1.29, 1.82) is 0 Å². The van der Waals surface area contributed by atoms with E-state index in [-0.39, 0.29) is 29.2 Å². The SMILES string of the molecule is Cc1nc(SC(C)c2ccccc2)[nH]c(=O)c1CC(=O)NC(C)c1ccccc1. The van der Waals surface area contributed by atoms with Crippen LogP contribution in [0.3, 0.4) is 0 Å². The van der Waals surface area contributed by atoms with E-state index in [9.17, 15) is 9.59 Å². The average Bonchev–Trinajstić information content (AvgIpc) is 2.72. The zero-order valence-electron chi connectivity index (χ0n) is 16.8. The summed E-state index contributed by atoms with van der Waals surface area (Å²) in [6, 6.07) is 19.7. The summed E-state index contributed by atoms with van der Waals surface area (Å²) in [6.45, 7) is 5.77. The Morgan fingerprint density at radius 2 is 1.62 bits per heavy atom. The highest BCUT2D eigenvalue weighted by Gasteiger charge is 2.16. The molecule has 0 fully saturated rings. The molecular formula is C23H25N3O2S. The number of hydrogen-bond donors (Lipinski definition) is 2. The maximum atomic E-state index is 12.6. The zero-order chi connectivity index (χ0) is 20.8. The quantitative estimate of drug-likeness (QED) is 0.451. The van der Waals surface area contributed by atoms with Gasteiger partial charge in [0, 0.05) is 16.5 Å². The van der Waals surface area contributed by atoms with Gasteiger partial charge in [0.25, 0.3) is 5.56 Å². The van der Waals surface area contributed by atoms with Crippen molar-refractivity contribution in [2.45, 2.75) is 43.6 Å². The molecule has 3 aromatic rings. The van der Waals surface area contributed by atoms with Crippen molar-refractivity contribution in [2.24, 2.45) is 0 Å². The van der Waals surface area contributed by atoms with Crippen molar-refractivity contribution in [2.75, 3.05) is 0 Å². The minimum Gasteiger partial charge on any atom is -0.349 e. The summed E-state index contributed by atoms with van der Waals surface area (Å²) in [6.07, 6.45) is 0.00449. The van der Waals surface area contributed by atoms with E-state index >= 15 is 0 Å². The van der Waals surface area contributed by atoms with Crippen LogP contribution in [0.25, 0.3) is 0 Å². The summed E-state index contributed by atoms with van der Waals surface area (Å²) in [5.41, 5.74) is 2.91. The van der Waals surface area contributed by atoms with Gasteiger partial charge in [-0.2, -0.15) is 0 Å². The van der Waals surface area contributed by atoms with Crippen LogP contribution in [-0.2, 0) is 11.2 Å². The number of aryl methyl sites for hydroxylation is 1. The van der Waals surface area contributed by atoms with Crippen LogP contribution in [0.15, 0.2) is 70.6 Å². The lowest BCUT2D eigenvalue weighted by Gasteiger charge is -2.15. The number of aromatic amines is 1. The van der Waals surface area contributed by atoms with Gasteiger partial charge in [0.15, 0.2) is 5.16 Å². The standard InChI is InChI=1S/C23H25N3O2S/c1-15(18-10-6-4-7-11-18)24-21(27)14-20-16(2)25-23(26-22(20)28)29-17(3)19-12-8-5-9-13-19/h4-13,15,17H,14H2,1-3H3,(H,24,27)(H,25,26,28). The van der Waals surface area contributed by atoms with Gasteiger partial charge in [-0.3, -0.25) is 9.59 Å². The van der Waals surface area contributed by atoms with Crippen LogP contribution in [0.2, 0.25) is 0 Å². The first-order valence-corrected chi connectivity index (χ1v) is 10.5. The smallest absolute Gasteiger partial charge is 0.255 e. The van der Waals surface area contributed by atoms with Crippen molar-refractivity contribution in [3.05, 3.63) is 93.4 Å². The lowest BCUT2D eigenvalue weighted by atomic mass is 10.1. The zero-order valence-corrected chi connectivity index (χ0v) is 17.6. The van der Waals surface area contributed by atoms with Gasteiger partial charge in [-0.05, 0) is 31.9 Å². The van der Waals surface area contributed by atoms with Gasteiger partial charge in [-0.1, -0.05) is 72.4 Å². The summed E-state index contributed by atoms with van der Waals surface area (Å²) in [5, 5.41) is 3.66. The normalized spacial score (nSPS) is 12.9. The summed E-state index contributed by atoms with van der Waals surface area (Å²) in [7, 11) is 0. The first kappa shape index (κ1) is 20.9. The molecule has 2 N–H and O–H groups in total. The van der Waals surface area contributed by atoms with E-state index in [2.05, 4.69) is 34.3 Å². The number of thioether (sulfide) groups is 1. The molecule has 1 aromatic heterocycles. The van der Waals surface area contributed by atoms with E-state index in [4.69, 9.17) is 0 Å². The Morgan fingerprint density at radius 3 is 2.21 bits per heavy atom. The highest BCUT2D eigenvalue weighted by Crippen LogP contribution is 2.32. The molecular weight excluding hydrogens is 382 g/mol. The number of carbonyl (C=O) groups excluding carboxylic acids is 1. The van der Waals surface area contributed by atoms with Gasteiger partial charge in [0.2, 0.25) is 5.91 Å². The van der Waals surface area contributed by atoms with Crippen molar-refractivity contribution in [3.63, 3.8) is 0 Å². The molecule has 2 atom stereocenters. The highest BCUT2D eigenvalue weighted by molar-refractivity contribution is 7.99. The second-order valence-corrected chi connectivity index (χ2v) is 8.31. The molecule has 1 heterocycles. The number of H-pyrrole nitrogens is 1. The monoisotopic (exact) mass is 407 g/mol. The van der Waals surface area contributed by atoms with Gasteiger partial charge in [0.1, 0.15) is 0 Å². The molecule has 2 unspecified atom stereocenters. The fourth-order valence-electron chi connectivity index (χ4n) is 3.09. The molecule has 1 amide bonds. The molecule has 6 heteroatoms. The Hall–Kier alpha value is -2.86.